The van der Waals surface area contributed by atoms with Crippen molar-refractivity contribution in [3.05, 3.63) is 3.95 Å². The number of halogens is 3. The topological polar surface area (TPSA) is 31.9 Å². The van der Waals surface area contributed by atoms with Crippen molar-refractivity contribution in [3.63, 3.8) is 0 Å². The first-order chi connectivity index (χ1) is 6.42. The van der Waals surface area contributed by atoms with Crippen LogP contribution in [0.25, 0.3) is 0 Å². The minimum atomic E-state index is -4.22. The van der Waals surface area contributed by atoms with Gasteiger partial charge in [0.15, 0.2) is 3.95 Å². The van der Waals surface area contributed by atoms with Gasteiger partial charge in [-0.3, -0.25) is 5.10 Å². The first-order valence-electron chi connectivity index (χ1n) is 3.79. The number of alkyl halides is 3. The summed E-state index contributed by atoms with van der Waals surface area (Å²) in [5.74, 6) is 0. The molecule has 1 N–H and O–H groups in total. The second-order valence-electron chi connectivity index (χ2n) is 2.53. The largest absolute Gasteiger partial charge is 0.406 e. The highest BCUT2D eigenvalue weighted by molar-refractivity contribution is 7.73. The molecule has 0 radical (unpaired) electrons. The van der Waals surface area contributed by atoms with Gasteiger partial charge in [0.1, 0.15) is 6.54 Å². The zero-order valence-corrected chi connectivity index (χ0v) is 8.89. The Morgan fingerprint density at radius 3 is 2.57 bits per heavy atom. The van der Waals surface area contributed by atoms with Crippen LogP contribution in [0.2, 0.25) is 0 Å². The van der Waals surface area contributed by atoms with E-state index in [0.29, 0.717) is 3.95 Å². The molecule has 8 heteroatoms. The molecule has 0 spiro atoms. The van der Waals surface area contributed by atoms with Gasteiger partial charge in [-0.1, -0.05) is 11.3 Å². The summed E-state index contributed by atoms with van der Waals surface area (Å²) in [4.78, 5) is 1.12. The molecule has 14 heavy (non-hydrogen) atoms. The lowest BCUT2D eigenvalue weighted by molar-refractivity contribution is -0.119. The maximum atomic E-state index is 12.1. The summed E-state index contributed by atoms with van der Waals surface area (Å²) in [6.07, 6.45) is -4.22. The molecule has 1 rings (SSSR count). The van der Waals surface area contributed by atoms with Crippen LogP contribution < -0.4 is 4.90 Å². The number of nitrogens with zero attached hydrogens (tertiary/aromatic N) is 2. The number of hydrogen-bond donors (Lipinski definition) is 1. The van der Waals surface area contributed by atoms with Gasteiger partial charge in [0.2, 0.25) is 5.13 Å². The minimum Gasteiger partial charge on any atom is -0.338 e. The number of nitrogens with one attached hydrogen (secondary N) is 1. The fraction of sp³-hybridized carbons (Fsp3) is 0.667. The molecule has 3 nitrogen and oxygen atoms in total. The van der Waals surface area contributed by atoms with Gasteiger partial charge in [-0.05, 0) is 19.1 Å². The average Bonchev–Trinajstić information content (AvgIpc) is 2.46. The van der Waals surface area contributed by atoms with Crippen LogP contribution in [-0.4, -0.2) is 29.5 Å². The molecule has 80 valence electrons. The van der Waals surface area contributed by atoms with Gasteiger partial charge >= 0.3 is 6.18 Å². The van der Waals surface area contributed by atoms with E-state index in [1.165, 1.54) is 0 Å². The van der Waals surface area contributed by atoms with Crippen molar-refractivity contribution >= 4 is 28.7 Å². The Balaban J connectivity index is 2.77. The van der Waals surface area contributed by atoms with Crippen molar-refractivity contribution in [2.45, 2.75) is 13.1 Å². The van der Waals surface area contributed by atoms with Crippen molar-refractivity contribution in [1.29, 1.82) is 0 Å². The molecule has 1 aromatic rings. The van der Waals surface area contributed by atoms with E-state index in [2.05, 4.69) is 10.2 Å². The second kappa shape index (κ2) is 4.26. The molecule has 0 saturated heterocycles. The molecule has 0 atom stereocenters. The maximum Gasteiger partial charge on any atom is 0.406 e. The molecule has 0 aliphatic rings. The lowest BCUT2D eigenvalue weighted by Gasteiger charge is -2.20. The standard InChI is InChI=1S/C6H8F3N3S2/c1-2-12(3-6(7,8)9)4-10-11-5(13)14-4/h2-3H2,1H3,(H,11,13). The van der Waals surface area contributed by atoms with Crippen LogP contribution >= 0.6 is 23.6 Å². The molecule has 0 saturated carbocycles. The molecule has 1 aromatic heterocycles. The van der Waals surface area contributed by atoms with E-state index in [1.54, 1.807) is 6.92 Å². The average molecular weight is 243 g/mol. The van der Waals surface area contributed by atoms with E-state index in [0.717, 1.165) is 16.2 Å². The number of rotatable bonds is 3. The number of H-pyrrole nitrogens is 1. The van der Waals surface area contributed by atoms with Crippen molar-refractivity contribution in [2.24, 2.45) is 0 Å². The fourth-order valence-corrected chi connectivity index (χ4v) is 1.83. The van der Waals surface area contributed by atoms with E-state index in [9.17, 15) is 13.2 Å². The van der Waals surface area contributed by atoms with Crippen LogP contribution in [0.3, 0.4) is 0 Å². The minimum absolute atomic E-state index is 0.246. The number of hydrogen-bond acceptors (Lipinski definition) is 4. The van der Waals surface area contributed by atoms with Crippen molar-refractivity contribution in [3.8, 4) is 0 Å². The van der Waals surface area contributed by atoms with E-state index in [1.807, 2.05) is 0 Å². The molecular formula is C6H8F3N3S2. The van der Waals surface area contributed by atoms with Crippen molar-refractivity contribution < 1.29 is 13.2 Å². The molecule has 0 amide bonds. The molecule has 0 aliphatic heterocycles. The summed E-state index contributed by atoms with van der Waals surface area (Å²) >= 11 is 5.77. The summed E-state index contributed by atoms with van der Waals surface area (Å²) in [7, 11) is 0. The maximum absolute atomic E-state index is 12.1. The lowest BCUT2D eigenvalue weighted by atomic mass is 10.5. The number of anilines is 1. The summed E-state index contributed by atoms with van der Waals surface area (Å²) in [5.41, 5.74) is 0. The first-order valence-corrected chi connectivity index (χ1v) is 5.02. The van der Waals surface area contributed by atoms with Crippen LogP contribution in [0.5, 0.6) is 0 Å². The Morgan fingerprint density at radius 1 is 1.57 bits per heavy atom. The van der Waals surface area contributed by atoms with Crippen molar-refractivity contribution in [2.75, 3.05) is 18.0 Å². The van der Waals surface area contributed by atoms with E-state index < -0.39 is 12.7 Å². The molecule has 0 aliphatic carbocycles. The van der Waals surface area contributed by atoms with Gasteiger partial charge in [0, 0.05) is 6.54 Å². The van der Waals surface area contributed by atoms with Gasteiger partial charge < -0.3 is 4.90 Å². The quantitative estimate of drug-likeness (QED) is 0.828. The molecule has 1 heterocycles. The van der Waals surface area contributed by atoms with Crippen LogP contribution in [-0.2, 0) is 0 Å². The third-order valence-electron chi connectivity index (χ3n) is 1.45. The Labute approximate surface area is 87.6 Å². The molecule has 0 aromatic carbocycles. The second-order valence-corrected chi connectivity index (χ2v) is 4.17. The lowest BCUT2D eigenvalue weighted by Crippen LogP contribution is -2.33. The third-order valence-corrected chi connectivity index (χ3v) is 2.60. The van der Waals surface area contributed by atoms with Gasteiger partial charge in [-0.2, -0.15) is 13.2 Å². The molecule has 0 unspecified atom stereocenters. The van der Waals surface area contributed by atoms with E-state index in [-0.39, 0.29) is 11.7 Å². The summed E-state index contributed by atoms with van der Waals surface area (Å²) in [6.45, 7) is 0.880. The zero-order chi connectivity index (χ0) is 10.8. The first kappa shape index (κ1) is 11.4. The zero-order valence-electron chi connectivity index (χ0n) is 7.26. The number of aromatic amines is 1. The van der Waals surface area contributed by atoms with Crippen LogP contribution in [0.15, 0.2) is 0 Å². The normalized spacial score (nSPS) is 11.7. The highest BCUT2D eigenvalue weighted by Crippen LogP contribution is 2.23. The Hall–Kier alpha value is -0.630. The smallest absolute Gasteiger partial charge is 0.338 e. The van der Waals surface area contributed by atoms with Gasteiger partial charge in [0.25, 0.3) is 0 Å². The molecule has 0 fully saturated rings. The molecular weight excluding hydrogens is 235 g/mol. The summed E-state index contributed by atoms with van der Waals surface area (Å²) in [5, 5.41) is 6.40. The van der Waals surface area contributed by atoms with Gasteiger partial charge in [-0.15, -0.1) is 5.10 Å². The summed E-state index contributed by atoms with van der Waals surface area (Å²) in [6, 6.07) is 0. The fourth-order valence-electron chi connectivity index (χ4n) is 0.888. The van der Waals surface area contributed by atoms with Crippen molar-refractivity contribution in [1.82, 2.24) is 10.2 Å². The van der Waals surface area contributed by atoms with Gasteiger partial charge in [0.05, 0.1) is 0 Å². The predicted molar refractivity (Wildman–Crippen MR) is 51.2 cm³/mol. The Kier molecular flexibility index (Phi) is 3.48. The predicted octanol–water partition coefficient (Wildman–Crippen LogP) is 2.59. The monoisotopic (exact) mass is 243 g/mol. The highest BCUT2D eigenvalue weighted by Gasteiger charge is 2.31. The van der Waals surface area contributed by atoms with Crippen LogP contribution in [0.4, 0.5) is 18.3 Å². The SMILES string of the molecule is CCN(CC(F)(F)F)c1n[nH]c(=S)s1. The van der Waals surface area contributed by atoms with Crippen LogP contribution in [0, 0.1) is 3.95 Å². The number of aromatic nitrogens is 2. The van der Waals surface area contributed by atoms with E-state index in [4.69, 9.17) is 12.2 Å². The third kappa shape index (κ3) is 3.26. The van der Waals surface area contributed by atoms with Crippen LogP contribution in [0.1, 0.15) is 6.92 Å². The van der Waals surface area contributed by atoms with Gasteiger partial charge in [-0.25, -0.2) is 0 Å². The van der Waals surface area contributed by atoms with E-state index >= 15 is 0 Å². The molecule has 0 bridgehead atoms. The summed E-state index contributed by atoms with van der Waals surface area (Å²) < 4.78 is 36.6. The Bertz CT molecular complexity index is 343. The highest BCUT2D eigenvalue weighted by atomic mass is 32.1. The Morgan fingerprint density at radius 2 is 2.21 bits per heavy atom.